The first-order valence-corrected chi connectivity index (χ1v) is 7.78. The van der Waals surface area contributed by atoms with Gasteiger partial charge >= 0.3 is 12.0 Å². The minimum Gasteiger partial charge on any atom is -0.481 e. The molecule has 2 rings (SSSR count). The van der Waals surface area contributed by atoms with Crippen molar-refractivity contribution in [1.29, 1.82) is 0 Å². The highest BCUT2D eigenvalue weighted by Gasteiger charge is 2.42. The highest BCUT2D eigenvalue weighted by molar-refractivity contribution is 5.75. The lowest BCUT2D eigenvalue weighted by molar-refractivity contribution is -0.142. The molecule has 0 spiro atoms. The van der Waals surface area contributed by atoms with Gasteiger partial charge in [0.15, 0.2) is 0 Å². The molecule has 0 unspecified atom stereocenters. The molecular formula is C15H26N2O3. The summed E-state index contributed by atoms with van der Waals surface area (Å²) in [5.74, 6) is -0.923. The number of urea groups is 1. The second-order valence-electron chi connectivity index (χ2n) is 6.40. The second-order valence-corrected chi connectivity index (χ2v) is 6.40. The number of likely N-dealkylation sites (tertiary alicyclic amines) is 1. The zero-order chi connectivity index (χ0) is 14.8. The number of carbonyl (C=O) groups is 2. The molecule has 0 radical (unpaired) electrons. The van der Waals surface area contributed by atoms with E-state index in [0.29, 0.717) is 18.3 Å². The number of carboxylic acids is 1. The van der Waals surface area contributed by atoms with Gasteiger partial charge in [0.25, 0.3) is 0 Å². The number of carboxylic acid groups (broad SMARTS) is 1. The van der Waals surface area contributed by atoms with Crippen molar-refractivity contribution < 1.29 is 14.7 Å². The summed E-state index contributed by atoms with van der Waals surface area (Å²) in [6, 6.07) is 0.178. The van der Waals surface area contributed by atoms with Gasteiger partial charge in [0.1, 0.15) is 0 Å². The van der Waals surface area contributed by atoms with E-state index in [0.717, 1.165) is 38.8 Å². The molecule has 0 aromatic rings. The van der Waals surface area contributed by atoms with Crippen LogP contribution in [-0.2, 0) is 4.79 Å². The average Bonchev–Trinajstić information content (AvgIpc) is 2.39. The third kappa shape index (κ3) is 3.07. The van der Waals surface area contributed by atoms with Crippen LogP contribution in [0.4, 0.5) is 4.79 Å². The highest BCUT2D eigenvalue weighted by atomic mass is 16.4. The fourth-order valence-corrected chi connectivity index (χ4v) is 3.35. The molecule has 1 saturated carbocycles. The maximum Gasteiger partial charge on any atom is 0.317 e. The SMILES string of the molecule is CCC1(CC)CN(C(=O)NC2CCC(C(=O)O)CC2)C1. The van der Waals surface area contributed by atoms with Gasteiger partial charge in [0.2, 0.25) is 0 Å². The van der Waals surface area contributed by atoms with Gasteiger partial charge in [-0.25, -0.2) is 4.79 Å². The van der Waals surface area contributed by atoms with Gasteiger partial charge in [-0.3, -0.25) is 4.79 Å². The van der Waals surface area contributed by atoms with Gasteiger partial charge in [0, 0.05) is 24.5 Å². The van der Waals surface area contributed by atoms with Crippen molar-refractivity contribution in [1.82, 2.24) is 10.2 Å². The summed E-state index contributed by atoms with van der Waals surface area (Å²) in [6.07, 6.45) is 5.16. The largest absolute Gasteiger partial charge is 0.481 e. The average molecular weight is 282 g/mol. The van der Waals surface area contributed by atoms with Gasteiger partial charge in [-0.1, -0.05) is 13.8 Å². The molecule has 2 fully saturated rings. The summed E-state index contributed by atoms with van der Waals surface area (Å²) in [6.45, 7) is 6.09. The summed E-state index contributed by atoms with van der Waals surface area (Å²) >= 11 is 0. The third-order valence-electron chi connectivity index (χ3n) is 5.24. The van der Waals surface area contributed by atoms with E-state index in [1.807, 2.05) is 4.90 Å². The normalized spacial score (nSPS) is 28.6. The Bertz CT molecular complexity index is 363. The molecule has 0 bridgehead atoms. The van der Waals surface area contributed by atoms with Crippen LogP contribution in [0.15, 0.2) is 0 Å². The number of aliphatic carboxylic acids is 1. The number of hydrogen-bond donors (Lipinski definition) is 2. The van der Waals surface area contributed by atoms with Crippen molar-refractivity contribution in [2.75, 3.05) is 13.1 Å². The number of amides is 2. The third-order valence-corrected chi connectivity index (χ3v) is 5.24. The Kier molecular flexibility index (Phi) is 4.55. The van der Waals surface area contributed by atoms with E-state index in [4.69, 9.17) is 5.11 Å². The predicted octanol–water partition coefficient (Wildman–Crippen LogP) is 2.46. The van der Waals surface area contributed by atoms with Crippen LogP contribution in [-0.4, -0.2) is 41.1 Å². The Hall–Kier alpha value is -1.26. The maximum atomic E-state index is 12.1. The Morgan fingerprint density at radius 2 is 1.70 bits per heavy atom. The fourth-order valence-electron chi connectivity index (χ4n) is 3.35. The van der Waals surface area contributed by atoms with Crippen molar-refractivity contribution in [2.24, 2.45) is 11.3 Å². The summed E-state index contributed by atoms with van der Waals surface area (Å²) in [4.78, 5) is 24.9. The van der Waals surface area contributed by atoms with Gasteiger partial charge in [-0.15, -0.1) is 0 Å². The van der Waals surface area contributed by atoms with E-state index in [1.165, 1.54) is 0 Å². The number of rotatable bonds is 4. The molecule has 2 aliphatic rings. The summed E-state index contributed by atoms with van der Waals surface area (Å²) < 4.78 is 0. The first kappa shape index (κ1) is 15.1. The van der Waals surface area contributed by atoms with E-state index >= 15 is 0 Å². The first-order valence-electron chi connectivity index (χ1n) is 7.78. The number of hydrogen-bond acceptors (Lipinski definition) is 2. The van der Waals surface area contributed by atoms with Crippen LogP contribution in [0.25, 0.3) is 0 Å². The molecule has 1 aliphatic carbocycles. The number of carbonyl (C=O) groups excluding carboxylic acids is 1. The Balaban J connectivity index is 1.73. The topological polar surface area (TPSA) is 69.6 Å². The van der Waals surface area contributed by atoms with Crippen LogP contribution < -0.4 is 5.32 Å². The van der Waals surface area contributed by atoms with Crippen molar-refractivity contribution in [3.05, 3.63) is 0 Å². The lowest BCUT2D eigenvalue weighted by atomic mass is 9.75. The van der Waals surface area contributed by atoms with Gasteiger partial charge < -0.3 is 15.3 Å². The minimum absolute atomic E-state index is 0.0290. The molecule has 5 heteroatoms. The van der Waals surface area contributed by atoms with E-state index < -0.39 is 5.97 Å². The highest BCUT2D eigenvalue weighted by Crippen LogP contribution is 2.37. The van der Waals surface area contributed by atoms with E-state index in [9.17, 15) is 9.59 Å². The predicted molar refractivity (Wildman–Crippen MR) is 76.5 cm³/mol. The zero-order valence-electron chi connectivity index (χ0n) is 12.5. The van der Waals surface area contributed by atoms with Gasteiger partial charge in [0.05, 0.1) is 5.92 Å². The van der Waals surface area contributed by atoms with E-state index in [-0.39, 0.29) is 18.0 Å². The lowest BCUT2D eigenvalue weighted by Crippen LogP contribution is -2.61. The summed E-state index contributed by atoms with van der Waals surface area (Å²) in [7, 11) is 0. The maximum absolute atomic E-state index is 12.1. The molecule has 0 atom stereocenters. The lowest BCUT2D eigenvalue weighted by Gasteiger charge is -2.50. The molecule has 1 saturated heterocycles. The van der Waals surface area contributed by atoms with Gasteiger partial charge in [-0.2, -0.15) is 0 Å². The molecule has 1 heterocycles. The monoisotopic (exact) mass is 282 g/mol. The van der Waals surface area contributed by atoms with Crippen molar-refractivity contribution in [3.63, 3.8) is 0 Å². The molecule has 5 nitrogen and oxygen atoms in total. The Morgan fingerprint density at radius 1 is 1.15 bits per heavy atom. The summed E-state index contributed by atoms with van der Waals surface area (Å²) in [5.41, 5.74) is 0.332. The molecular weight excluding hydrogens is 256 g/mol. The Morgan fingerprint density at radius 3 is 2.15 bits per heavy atom. The van der Waals surface area contributed by atoms with E-state index in [1.54, 1.807) is 0 Å². The van der Waals surface area contributed by atoms with E-state index in [2.05, 4.69) is 19.2 Å². The number of nitrogens with zero attached hydrogens (tertiary/aromatic N) is 1. The zero-order valence-corrected chi connectivity index (χ0v) is 12.5. The van der Waals surface area contributed by atoms with Crippen LogP contribution in [0.2, 0.25) is 0 Å². The molecule has 114 valence electrons. The number of nitrogens with one attached hydrogen (secondary N) is 1. The van der Waals surface area contributed by atoms with Crippen molar-refractivity contribution >= 4 is 12.0 Å². The molecule has 0 aromatic carbocycles. The molecule has 20 heavy (non-hydrogen) atoms. The van der Waals surface area contributed by atoms with Gasteiger partial charge in [-0.05, 0) is 38.5 Å². The van der Waals surface area contributed by atoms with Crippen molar-refractivity contribution in [2.45, 2.75) is 58.4 Å². The molecule has 2 N–H and O–H groups in total. The first-order chi connectivity index (χ1) is 9.49. The quantitative estimate of drug-likeness (QED) is 0.832. The van der Waals surface area contributed by atoms with Crippen LogP contribution in [0.1, 0.15) is 52.4 Å². The van der Waals surface area contributed by atoms with Crippen LogP contribution in [0.5, 0.6) is 0 Å². The smallest absolute Gasteiger partial charge is 0.317 e. The fraction of sp³-hybridized carbons (Fsp3) is 0.867. The second kappa shape index (κ2) is 6.02. The minimum atomic E-state index is -0.701. The van der Waals surface area contributed by atoms with Crippen molar-refractivity contribution in [3.8, 4) is 0 Å². The standard InChI is InChI=1S/C15H26N2O3/c1-3-15(4-2)9-17(10-15)14(20)16-12-7-5-11(6-8-12)13(18)19/h11-12H,3-10H2,1-2H3,(H,16,20)(H,18,19). The molecule has 1 aliphatic heterocycles. The van der Waals surface area contributed by atoms with Crippen LogP contribution >= 0.6 is 0 Å². The van der Waals surface area contributed by atoms with Crippen LogP contribution in [0.3, 0.4) is 0 Å². The molecule has 2 amide bonds. The van der Waals surface area contributed by atoms with Crippen LogP contribution in [0, 0.1) is 11.3 Å². The Labute approximate surface area is 120 Å². The molecule has 0 aromatic heterocycles. The summed E-state index contributed by atoms with van der Waals surface area (Å²) in [5, 5.41) is 12.0.